The van der Waals surface area contributed by atoms with Gasteiger partial charge in [-0.25, -0.2) is 0 Å². The summed E-state index contributed by atoms with van der Waals surface area (Å²) in [5.41, 5.74) is 6.83. The molecule has 0 amide bonds. The highest BCUT2D eigenvalue weighted by Gasteiger charge is 2.18. The summed E-state index contributed by atoms with van der Waals surface area (Å²) in [6.07, 6.45) is 0. The molecule has 2 aromatic carbocycles. The second kappa shape index (κ2) is 6.71. The van der Waals surface area contributed by atoms with Crippen LogP contribution in [0.2, 0.25) is 0 Å². The Balaban J connectivity index is 2.29. The summed E-state index contributed by atoms with van der Waals surface area (Å²) in [7, 11) is 1.48. The number of hydrogen-bond acceptors (Lipinski definition) is 5. The second-order valence-corrected chi connectivity index (χ2v) is 4.37. The zero-order valence-corrected chi connectivity index (χ0v) is 11.6. The summed E-state index contributed by atoms with van der Waals surface area (Å²) in [5.74, 6) is 0.752. The number of hydrogen-bond donors (Lipinski definition) is 1. The first-order valence-corrected chi connectivity index (χ1v) is 6.37. The lowest BCUT2D eigenvalue weighted by Crippen LogP contribution is -2.04. The fourth-order valence-corrected chi connectivity index (χ4v) is 1.93. The minimum atomic E-state index is -0.475. The van der Waals surface area contributed by atoms with Crippen LogP contribution in [0.3, 0.4) is 0 Å². The maximum atomic E-state index is 11.1. The minimum Gasteiger partial charge on any atom is -0.493 e. The second-order valence-electron chi connectivity index (χ2n) is 4.37. The van der Waals surface area contributed by atoms with Crippen LogP contribution < -0.4 is 15.2 Å². The van der Waals surface area contributed by atoms with Crippen molar-refractivity contribution in [2.24, 2.45) is 5.73 Å². The lowest BCUT2D eigenvalue weighted by atomic mass is 10.1. The van der Waals surface area contributed by atoms with Crippen molar-refractivity contribution in [1.82, 2.24) is 0 Å². The van der Waals surface area contributed by atoms with E-state index >= 15 is 0 Å². The fourth-order valence-electron chi connectivity index (χ4n) is 1.93. The first kappa shape index (κ1) is 14.8. The molecule has 0 aliphatic heterocycles. The van der Waals surface area contributed by atoms with Crippen LogP contribution in [0.5, 0.6) is 11.5 Å². The van der Waals surface area contributed by atoms with Crippen LogP contribution in [-0.2, 0) is 13.2 Å². The molecule has 0 radical (unpaired) electrons. The predicted octanol–water partition coefficient (Wildman–Crippen LogP) is 2.64. The van der Waals surface area contributed by atoms with Crippen molar-refractivity contribution in [2.45, 2.75) is 13.2 Å². The molecule has 0 aromatic heterocycles. The zero-order valence-electron chi connectivity index (χ0n) is 11.6. The summed E-state index contributed by atoms with van der Waals surface area (Å²) in [6, 6.07) is 12.4. The molecular weight excluding hydrogens is 272 g/mol. The number of rotatable bonds is 6. The highest BCUT2D eigenvalue weighted by atomic mass is 16.6. The van der Waals surface area contributed by atoms with Crippen LogP contribution in [0.15, 0.2) is 42.5 Å². The lowest BCUT2D eigenvalue weighted by Gasteiger charge is -2.12. The summed E-state index contributed by atoms with van der Waals surface area (Å²) < 4.78 is 10.8. The number of nitro groups is 1. The third kappa shape index (κ3) is 3.49. The van der Waals surface area contributed by atoms with Crippen LogP contribution >= 0.6 is 0 Å². The van der Waals surface area contributed by atoms with E-state index in [2.05, 4.69) is 0 Å². The van der Waals surface area contributed by atoms with Gasteiger partial charge in [0.25, 0.3) is 5.69 Å². The van der Waals surface area contributed by atoms with Gasteiger partial charge in [-0.15, -0.1) is 0 Å². The van der Waals surface area contributed by atoms with Gasteiger partial charge in [0, 0.05) is 12.1 Å². The van der Waals surface area contributed by atoms with Crippen LogP contribution in [0, 0.1) is 10.1 Å². The first-order chi connectivity index (χ1) is 10.2. The molecule has 2 N–H and O–H groups in total. The molecule has 110 valence electrons. The number of nitrogens with two attached hydrogens (primary N) is 1. The molecule has 0 unspecified atom stereocenters. The summed E-state index contributed by atoms with van der Waals surface area (Å²) in [5, 5.41) is 11.1. The van der Waals surface area contributed by atoms with Crippen molar-refractivity contribution >= 4 is 5.69 Å². The number of nitrogens with zero attached hydrogens (tertiary/aromatic N) is 1. The van der Waals surface area contributed by atoms with Gasteiger partial charge >= 0.3 is 0 Å². The van der Waals surface area contributed by atoms with Crippen molar-refractivity contribution in [3.05, 3.63) is 63.7 Å². The standard InChI is InChI=1S/C15H16N2O4/c1-20-14-7-12(9-16)13(17(18)19)8-15(14)21-10-11-5-3-2-4-6-11/h2-8H,9-10,16H2,1H3. The number of methoxy groups -OCH3 is 1. The quantitative estimate of drug-likeness (QED) is 0.652. The molecule has 0 fully saturated rings. The summed E-state index contributed by atoms with van der Waals surface area (Å²) in [6.45, 7) is 0.363. The van der Waals surface area contributed by atoms with Gasteiger partial charge in [0.2, 0.25) is 0 Å². The van der Waals surface area contributed by atoms with Crippen molar-refractivity contribution in [2.75, 3.05) is 7.11 Å². The third-order valence-corrected chi connectivity index (χ3v) is 3.02. The highest BCUT2D eigenvalue weighted by molar-refractivity contribution is 5.54. The molecule has 0 saturated carbocycles. The Morgan fingerprint density at radius 2 is 1.90 bits per heavy atom. The maximum Gasteiger partial charge on any atom is 0.277 e. The molecule has 2 rings (SSSR count). The van der Waals surface area contributed by atoms with E-state index < -0.39 is 4.92 Å². The van der Waals surface area contributed by atoms with Gasteiger partial charge < -0.3 is 15.2 Å². The fraction of sp³-hybridized carbons (Fsp3) is 0.200. The molecule has 2 aromatic rings. The molecule has 0 saturated heterocycles. The number of nitro benzene ring substituents is 1. The summed E-state index contributed by atoms with van der Waals surface area (Å²) in [4.78, 5) is 10.6. The van der Waals surface area contributed by atoms with Gasteiger partial charge in [0.15, 0.2) is 11.5 Å². The van der Waals surface area contributed by atoms with Crippen molar-refractivity contribution < 1.29 is 14.4 Å². The minimum absolute atomic E-state index is 0.0611. The van der Waals surface area contributed by atoms with Crippen molar-refractivity contribution in [1.29, 1.82) is 0 Å². The SMILES string of the molecule is COc1cc(CN)c([N+](=O)[O-])cc1OCc1ccccc1. The molecular formula is C15H16N2O4. The Morgan fingerprint density at radius 3 is 2.48 bits per heavy atom. The van der Waals surface area contributed by atoms with Gasteiger partial charge in [0.1, 0.15) is 6.61 Å². The van der Waals surface area contributed by atoms with Crippen molar-refractivity contribution in [3.63, 3.8) is 0 Å². The largest absolute Gasteiger partial charge is 0.493 e. The van der Waals surface area contributed by atoms with E-state index in [9.17, 15) is 10.1 Å². The third-order valence-electron chi connectivity index (χ3n) is 3.02. The zero-order chi connectivity index (χ0) is 15.2. The molecule has 0 aliphatic rings. The van der Waals surface area contributed by atoms with E-state index in [0.29, 0.717) is 23.7 Å². The van der Waals surface area contributed by atoms with E-state index in [1.165, 1.54) is 13.2 Å². The normalized spacial score (nSPS) is 10.2. The Kier molecular flexibility index (Phi) is 4.73. The molecule has 6 nitrogen and oxygen atoms in total. The molecule has 0 spiro atoms. The van der Waals surface area contributed by atoms with E-state index in [1.807, 2.05) is 30.3 Å². The smallest absolute Gasteiger partial charge is 0.277 e. The molecule has 0 aliphatic carbocycles. The van der Waals surface area contributed by atoms with E-state index in [1.54, 1.807) is 6.07 Å². The summed E-state index contributed by atoms with van der Waals surface area (Å²) >= 11 is 0. The Hall–Kier alpha value is -2.60. The van der Waals surface area contributed by atoms with Gasteiger partial charge in [-0.1, -0.05) is 30.3 Å². The van der Waals surface area contributed by atoms with Gasteiger partial charge in [0.05, 0.1) is 18.1 Å². The van der Waals surface area contributed by atoms with Gasteiger partial charge in [-0.3, -0.25) is 10.1 Å². The number of benzene rings is 2. The molecule has 0 atom stereocenters. The van der Waals surface area contributed by atoms with E-state index in [-0.39, 0.29) is 12.2 Å². The molecule has 0 heterocycles. The number of ether oxygens (including phenoxy) is 2. The Labute approximate surface area is 122 Å². The predicted molar refractivity (Wildman–Crippen MR) is 78.3 cm³/mol. The topological polar surface area (TPSA) is 87.6 Å². The lowest BCUT2D eigenvalue weighted by molar-refractivity contribution is -0.385. The Bertz CT molecular complexity index is 629. The molecule has 0 bridgehead atoms. The van der Waals surface area contributed by atoms with Gasteiger partial charge in [-0.2, -0.15) is 0 Å². The molecule has 6 heteroatoms. The average molecular weight is 288 g/mol. The van der Waals surface area contributed by atoms with Crippen LogP contribution in [-0.4, -0.2) is 12.0 Å². The monoisotopic (exact) mass is 288 g/mol. The Morgan fingerprint density at radius 1 is 1.19 bits per heavy atom. The van der Waals surface area contributed by atoms with Crippen molar-refractivity contribution in [3.8, 4) is 11.5 Å². The van der Waals surface area contributed by atoms with Crippen LogP contribution in [0.1, 0.15) is 11.1 Å². The van der Waals surface area contributed by atoms with E-state index in [0.717, 1.165) is 5.56 Å². The van der Waals surface area contributed by atoms with Crippen LogP contribution in [0.4, 0.5) is 5.69 Å². The van der Waals surface area contributed by atoms with Gasteiger partial charge in [-0.05, 0) is 11.6 Å². The maximum absolute atomic E-state index is 11.1. The highest BCUT2D eigenvalue weighted by Crippen LogP contribution is 2.35. The molecule has 21 heavy (non-hydrogen) atoms. The van der Waals surface area contributed by atoms with E-state index in [4.69, 9.17) is 15.2 Å². The first-order valence-electron chi connectivity index (χ1n) is 6.37. The average Bonchev–Trinajstić information content (AvgIpc) is 2.52. The van der Waals surface area contributed by atoms with Crippen LogP contribution in [0.25, 0.3) is 0 Å².